The van der Waals surface area contributed by atoms with Gasteiger partial charge in [0.1, 0.15) is 0 Å². The number of ether oxygens (including phenoxy) is 1. The Balaban J connectivity index is 2.51. The molecule has 1 fully saturated rings. The lowest BCUT2D eigenvalue weighted by molar-refractivity contribution is -0.134. The van der Waals surface area contributed by atoms with Crippen LogP contribution in [0.5, 0.6) is 0 Å². The maximum Gasteiger partial charge on any atom is 0.229 e. The molecule has 0 radical (unpaired) electrons. The van der Waals surface area contributed by atoms with E-state index >= 15 is 0 Å². The number of hydrogen-bond donors (Lipinski definition) is 1. The second kappa shape index (κ2) is 3.87. The van der Waals surface area contributed by atoms with Gasteiger partial charge in [-0.3, -0.25) is 4.79 Å². The monoisotopic (exact) mass is 172 g/mol. The lowest BCUT2D eigenvalue weighted by Gasteiger charge is -2.20. The summed E-state index contributed by atoms with van der Waals surface area (Å²) in [4.78, 5) is 13.2. The number of carbonyl (C=O) groups is 1. The quantitative estimate of drug-likeness (QED) is 0.607. The van der Waals surface area contributed by atoms with Crippen molar-refractivity contribution < 1.29 is 9.53 Å². The van der Waals surface area contributed by atoms with Crippen LogP contribution in [0.4, 0.5) is 0 Å². The van der Waals surface area contributed by atoms with Gasteiger partial charge in [0.15, 0.2) is 0 Å². The predicted octanol–water partition coefficient (Wildman–Crippen LogP) is -0.562. The fraction of sp³-hybridized carbons (Fsp3) is 0.875. The number of hydrogen-bond acceptors (Lipinski definition) is 3. The second-order valence-electron chi connectivity index (χ2n) is 3.16. The van der Waals surface area contributed by atoms with Crippen molar-refractivity contribution >= 4 is 5.91 Å². The van der Waals surface area contributed by atoms with Gasteiger partial charge in [0.25, 0.3) is 0 Å². The fourth-order valence-electron chi connectivity index (χ4n) is 1.26. The Morgan fingerprint density at radius 1 is 1.67 bits per heavy atom. The Bertz CT molecular complexity index is 172. The summed E-state index contributed by atoms with van der Waals surface area (Å²) in [5, 5.41) is 0. The molecule has 1 saturated heterocycles. The van der Waals surface area contributed by atoms with E-state index in [-0.39, 0.29) is 17.9 Å². The highest BCUT2D eigenvalue weighted by molar-refractivity contribution is 5.79. The molecule has 4 nitrogen and oxygen atoms in total. The van der Waals surface area contributed by atoms with Gasteiger partial charge in [-0.25, -0.2) is 0 Å². The summed E-state index contributed by atoms with van der Waals surface area (Å²) in [6.45, 7) is 3.65. The molecule has 0 bridgehead atoms. The van der Waals surface area contributed by atoms with Crippen LogP contribution in [0.15, 0.2) is 0 Å². The molecular formula is C8H16N2O2. The number of nitrogens with two attached hydrogens (primary N) is 1. The van der Waals surface area contributed by atoms with Crippen LogP contribution in [-0.4, -0.2) is 43.7 Å². The molecule has 70 valence electrons. The van der Waals surface area contributed by atoms with Gasteiger partial charge >= 0.3 is 0 Å². The summed E-state index contributed by atoms with van der Waals surface area (Å²) < 4.78 is 5.11. The number of carbonyl (C=O) groups excluding carboxylic acids is 1. The maximum absolute atomic E-state index is 11.6. The average molecular weight is 172 g/mol. The van der Waals surface area contributed by atoms with Gasteiger partial charge in [-0.15, -0.1) is 0 Å². The summed E-state index contributed by atoms with van der Waals surface area (Å²) in [5.74, 6) is -0.0301. The molecule has 2 N–H and O–H groups in total. The van der Waals surface area contributed by atoms with E-state index in [0.29, 0.717) is 13.2 Å². The molecule has 2 atom stereocenters. The molecule has 0 aromatic carbocycles. The van der Waals surface area contributed by atoms with E-state index in [0.717, 1.165) is 6.54 Å². The zero-order valence-corrected chi connectivity index (χ0v) is 7.62. The zero-order valence-electron chi connectivity index (χ0n) is 7.62. The molecule has 0 aliphatic carbocycles. The summed E-state index contributed by atoms with van der Waals surface area (Å²) in [5.41, 5.74) is 5.70. The van der Waals surface area contributed by atoms with E-state index < -0.39 is 0 Å². The van der Waals surface area contributed by atoms with Crippen molar-refractivity contribution in [2.75, 3.05) is 26.8 Å². The first kappa shape index (κ1) is 9.48. The van der Waals surface area contributed by atoms with Crippen LogP contribution < -0.4 is 5.73 Å². The van der Waals surface area contributed by atoms with Crippen molar-refractivity contribution in [3.63, 3.8) is 0 Å². The SMILES string of the molecule is CCN(C)C(=O)C1COCC1N. The van der Waals surface area contributed by atoms with Crippen molar-refractivity contribution in [1.82, 2.24) is 4.90 Å². The minimum absolute atomic E-state index is 0.0995. The lowest BCUT2D eigenvalue weighted by atomic mass is 10.0. The van der Waals surface area contributed by atoms with E-state index in [9.17, 15) is 4.79 Å². The van der Waals surface area contributed by atoms with Crippen molar-refractivity contribution in [1.29, 1.82) is 0 Å². The molecule has 1 rings (SSSR count). The van der Waals surface area contributed by atoms with Crippen LogP contribution in [-0.2, 0) is 9.53 Å². The Labute approximate surface area is 72.7 Å². The smallest absolute Gasteiger partial charge is 0.229 e. The van der Waals surface area contributed by atoms with E-state index in [1.807, 2.05) is 6.92 Å². The molecular weight excluding hydrogens is 156 g/mol. The van der Waals surface area contributed by atoms with Crippen LogP contribution in [0.1, 0.15) is 6.92 Å². The van der Waals surface area contributed by atoms with Crippen LogP contribution in [0, 0.1) is 5.92 Å². The van der Waals surface area contributed by atoms with Crippen molar-refractivity contribution in [2.45, 2.75) is 13.0 Å². The van der Waals surface area contributed by atoms with Crippen LogP contribution in [0.3, 0.4) is 0 Å². The van der Waals surface area contributed by atoms with Crippen molar-refractivity contribution in [3.05, 3.63) is 0 Å². The minimum Gasteiger partial charge on any atom is -0.379 e. The predicted molar refractivity (Wildman–Crippen MR) is 45.6 cm³/mol. The molecule has 0 saturated carbocycles. The van der Waals surface area contributed by atoms with E-state index in [4.69, 9.17) is 10.5 Å². The molecule has 2 unspecified atom stereocenters. The molecule has 0 aromatic heterocycles. The molecule has 1 aliphatic heterocycles. The zero-order chi connectivity index (χ0) is 9.14. The van der Waals surface area contributed by atoms with E-state index in [1.165, 1.54) is 0 Å². The molecule has 1 heterocycles. The average Bonchev–Trinajstić information content (AvgIpc) is 2.48. The standard InChI is InChI=1S/C8H16N2O2/c1-3-10(2)8(11)6-4-12-5-7(6)9/h6-7H,3-5,9H2,1-2H3. The largest absolute Gasteiger partial charge is 0.379 e. The van der Waals surface area contributed by atoms with Gasteiger partial charge in [-0.2, -0.15) is 0 Å². The first-order valence-corrected chi connectivity index (χ1v) is 4.25. The summed E-state index contributed by atoms with van der Waals surface area (Å²) >= 11 is 0. The fourth-order valence-corrected chi connectivity index (χ4v) is 1.26. The Morgan fingerprint density at radius 3 is 2.75 bits per heavy atom. The topological polar surface area (TPSA) is 55.6 Å². The van der Waals surface area contributed by atoms with E-state index in [2.05, 4.69) is 0 Å². The summed E-state index contributed by atoms with van der Waals surface area (Å²) in [7, 11) is 1.79. The van der Waals surface area contributed by atoms with Gasteiger partial charge in [0.2, 0.25) is 5.91 Å². The molecule has 4 heteroatoms. The Kier molecular flexibility index (Phi) is 3.05. The molecule has 0 aromatic rings. The highest BCUT2D eigenvalue weighted by Gasteiger charge is 2.32. The second-order valence-corrected chi connectivity index (χ2v) is 3.16. The van der Waals surface area contributed by atoms with Crippen LogP contribution in [0.25, 0.3) is 0 Å². The third-order valence-electron chi connectivity index (χ3n) is 2.29. The number of amides is 1. The Hall–Kier alpha value is -0.610. The van der Waals surface area contributed by atoms with Gasteiger partial charge in [-0.05, 0) is 6.92 Å². The third kappa shape index (κ3) is 1.76. The number of nitrogens with zero attached hydrogens (tertiary/aromatic N) is 1. The normalized spacial score (nSPS) is 28.9. The number of rotatable bonds is 2. The lowest BCUT2D eigenvalue weighted by Crippen LogP contribution is -2.41. The highest BCUT2D eigenvalue weighted by Crippen LogP contribution is 2.13. The van der Waals surface area contributed by atoms with Gasteiger partial charge < -0.3 is 15.4 Å². The van der Waals surface area contributed by atoms with Crippen LogP contribution in [0.2, 0.25) is 0 Å². The molecule has 0 spiro atoms. The first-order chi connectivity index (χ1) is 5.66. The highest BCUT2D eigenvalue weighted by atomic mass is 16.5. The molecule has 12 heavy (non-hydrogen) atoms. The van der Waals surface area contributed by atoms with Crippen molar-refractivity contribution in [3.8, 4) is 0 Å². The molecule has 1 aliphatic rings. The molecule has 1 amide bonds. The van der Waals surface area contributed by atoms with E-state index in [1.54, 1.807) is 11.9 Å². The maximum atomic E-state index is 11.6. The van der Waals surface area contributed by atoms with Crippen molar-refractivity contribution in [2.24, 2.45) is 11.7 Å². The van der Waals surface area contributed by atoms with Gasteiger partial charge in [-0.1, -0.05) is 0 Å². The summed E-state index contributed by atoms with van der Waals surface area (Å²) in [6, 6.07) is -0.119. The van der Waals surface area contributed by atoms with Gasteiger partial charge in [0, 0.05) is 19.6 Å². The summed E-state index contributed by atoms with van der Waals surface area (Å²) in [6.07, 6.45) is 0. The van der Waals surface area contributed by atoms with Crippen LogP contribution >= 0.6 is 0 Å². The third-order valence-corrected chi connectivity index (χ3v) is 2.29. The van der Waals surface area contributed by atoms with Gasteiger partial charge in [0.05, 0.1) is 19.1 Å². The minimum atomic E-state index is -0.130. The first-order valence-electron chi connectivity index (χ1n) is 4.25. The Morgan fingerprint density at radius 2 is 2.33 bits per heavy atom.